The lowest BCUT2D eigenvalue weighted by atomic mass is 10.0. The van der Waals surface area contributed by atoms with E-state index in [-0.39, 0.29) is 17.9 Å². The summed E-state index contributed by atoms with van der Waals surface area (Å²) in [6, 6.07) is 3.61. The smallest absolute Gasteiger partial charge is 0.407 e. The van der Waals surface area contributed by atoms with Crippen LogP contribution in [-0.2, 0) is 9.53 Å². The summed E-state index contributed by atoms with van der Waals surface area (Å²) in [5, 5.41) is 7.49. The summed E-state index contributed by atoms with van der Waals surface area (Å²) in [6.45, 7) is 7.04. The quantitative estimate of drug-likeness (QED) is 0.677. The number of hydrogen-bond donors (Lipinski definition) is 2. The van der Waals surface area contributed by atoms with Gasteiger partial charge in [-0.3, -0.25) is 9.59 Å². The van der Waals surface area contributed by atoms with Gasteiger partial charge in [0.05, 0.1) is 4.88 Å². The fourth-order valence-corrected chi connectivity index (χ4v) is 3.78. The van der Waals surface area contributed by atoms with Crippen molar-refractivity contribution in [2.45, 2.75) is 64.5 Å². The molecule has 2 rings (SSSR count). The van der Waals surface area contributed by atoms with Crippen molar-refractivity contribution in [3.63, 3.8) is 0 Å². The van der Waals surface area contributed by atoms with E-state index in [1.807, 2.05) is 37.1 Å². The number of alkyl carbamates (subject to hydrolysis) is 1. The van der Waals surface area contributed by atoms with Gasteiger partial charge in [0.2, 0.25) is 5.91 Å². The minimum Gasteiger partial charge on any atom is -0.444 e. The first-order chi connectivity index (χ1) is 13.3. The molecule has 1 unspecified atom stereocenters. The van der Waals surface area contributed by atoms with Crippen molar-refractivity contribution in [3.8, 4) is 0 Å². The van der Waals surface area contributed by atoms with E-state index in [1.165, 1.54) is 11.3 Å². The first-order valence-corrected chi connectivity index (χ1v) is 10.7. The second-order valence-electron chi connectivity index (χ2n) is 7.96. The van der Waals surface area contributed by atoms with Crippen LogP contribution in [0.4, 0.5) is 4.79 Å². The Balaban J connectivity index is 1.73. The largest absolute Gasteiger partial charge is 0.444 e. The fourth-order valence-electron chi connectivity index (χ4n) is 3.14. The van der Waals surface area contributed by atoms with Gasteiger partial charge in [-0.05, 0) is 57.9 Å². The number of hydrogen-bond acceptors (Lipinski definition) is 5. The van der Waals surface area contributed by atoms with Gasteiger partial charge in [0.1, 0.15) is 5.60 Å². The molecular weight excluding hydrogens is 378 g/mol. The van der Waals surface area contributed by atoms with Crippen LogP contribution in [0.1, 0.15) is 62.5 Å². The maximum Gasteiger partial charge on any atom is 0.407 e. The lowest BCUT2D eigenvalue weighted by molar-refractivity contribution is -0.134. The summed E-state index contributed by atoms with van der Waals surface area (Å²) < 4.78 is 5.26. The molecular formula is C20H31N3O4S. The summed E-state index contributed by atoms with van der Waals surface area (Å²) in [4.78, 5) is 38.9. The van der Waals surface area contributed by atoms with E-state index < -0.39 is 11.7 Å². The van der Waals surface area contributed by atoms with Crippen molar-refractivity contribution in [2.75, 3.05) is 19.6 Å². The van der Waals surface area contributed by atoms with Gasteiger partial charge in [-0.25, -0.2) is 4.79 Å². The van der Waals surface area contributed by atoms with Crippen LogP contribution in [0, 0.1) is 0 Å². The lowest BCUT2D eigenvalue weighted by Gasteiger charge is -2.36. The van der Waals surface area contributed by atoms with E-state index in [0.29, 0.717) is 37.4 Å². The Bertz CT molecular complexity index is 655. The number of carbonyl (C=O) groups is 3. The number of nitrogens with one attached hydrogen (secondary N) is 2. The predicted molar refractivity (Wildman–Crippen MR) is 109 cm³/mol. The normalized spacial score (nSPS) is 17.1. The highest BCUT2D eigenvalue weighted by Crippen LogP contribution is 2.18. The van der Waals surface area contributed by atoms with E-state index in [2.05, 4.69) is 10.6 Å². The van der Waals surface area contributed by atoms with Crippen molar-refractivity contribution in [2.24, 2.45) is 0 Å². The van der Waals surface area contributed by atoms with Crippen molar-refractivity contribution < 1.29 is 19.1 Å². The van der Waals surface area contributed by atoms with Crippen LogP contribution in [0.2, 0.25) is 0 Å². The van der Waals surface area contributed by atoms with Crippen molar-refractivity contribution in [1.82, 2.24) is 15.5 Å². The average Bonchev–Trinajstić information content (AvgIpc) is 3.17. The predicted octanol–water partition coefficient (Wildman–Crippen LogP) is 3.16. The first kappa shape index (κ1) is 22.2. The zero-order valence-electron chi connectivity index (χ0n) is 17.0. The van der Waals surface area contributed by atoms with Gasteiger partial charge in [-0.2, -0.15) is 0 Å². The number of nitrogens with zero attached hydrogens (tertiary/aromatic N) is 1. The Kier molecular flexibility index (Phi) is 8.29. The molecule has 1 aliphatic heterocycles. The monoisotopic (exact) mass is 409 g/mol. The average molecular weight is 410 g/mol. The lowest BCUT2D eigenvalue weighted by Crippen LogP contribution is -2.50. The van der Waals surface area contributed by atoms with Gasteiger partial charge >= 0.3 is 6.09 Å². The molecule has 0 radical (unpaired) electrons. The molecule has 2 heterocycles. The highest BCUT2D eigenvalue weighted by Gasteiger charge is 2.27. The van der Waals surface area contributed by atoms with Crippen LogP contribution in [-0.4, -0.2) is 54.1 Å². The summed E-state index contributed by atoms with van der Waals surface area (Å²) in [5.41, 5.74) is -0.542. The Labute approximate surface area is 170 Å². The number of rotatable bonds is 7. The van der Waals surface area contributed by atoms with Crippen LogP contribution in [0.5, 0.6) is 0 Å². The van der Waals surface area contributed by atoms with Gasteiger partial charge in [-0.1, -0.05) is 6.07 Å². The van der Waals surface area contributed by atoms with E-state index in [4.69, 9.17) is 4.74 Å². The molecule has 7 nitrogen and oxygen atoms in total. The summed E-state index contributed by atoms with van der Waals surface area (Å²) in [7, 11) is 0. The molecule has 1 saturated heterocycles. The molecule has 8 heteroatoms. The van der Waals surface area contributed by atoms with Crippen LogP contribution in [0.25, 0.3) is 0 Å². The molecule has 2 N–H and O–H groups in total. The summed E-state index contributed by atoms with van der Waals surface area (Å²) in [5.74, 6) is -0.0269. The molecule has 1 atom stereocenters. The van der Waals surface area contributed by atoms with Crippen LogP contribution >= 0.6 is 11.3 Å². The molecule has 1 aromatic heterocycles. The van der Waals surface area contributed by atoms with E-state index >= 15 is 0 Å². The number of amides is 3. The van der Waals surface area contributed by atoms with Crippen molar-refractivity contribution in [3.05, 3.63) is 22.4 Å². The third-order valence-corrected chi connectivity index (χ3v) is 5.29. The van der Waals surface area contributed by atoms with Gasteiger partial charge in [0.15, 0.2) is 0 Å². The number of ether oxygens (including phenoxy) is 1. The standard InChI is InChI=1S/C20H31N3O4S/c1-20(2,3)27-19(26)22-14-15-8-4-5-12-23(15)17(24)10-6-11-21-18(25)16-9-7-13-28-16/h7,9,13,15H,4-6,8,10-12,14H2,1-3H3,(H,21,25)(H,22,26). The minimum absolute atomic E-state index is 0.00511. The zero-order valence-corrected chi connectivity index (χ0v) is 17.8. The SMILES string of the molecule is CC(C)(C)OC(=O)NCC1CCCCN1C(=O)CCCNC(=O)c1cccs1. The van der Waals surface area contributed by atoms with Crippen LogP contribution in [0.15, 0.2) is 17.5 Å². The summed E-state index contributed by atoms with van der Waals surface area (Å²) >= 11 is 1.40. The highest BCUT2D eigenvalue weighted by atomic mass is 32.1. The molecule has 156 valence electrons. The Morgan fingerprint density at radius 1 is 1.25 bits per heavy atom. The Morgan fingerprint density at radius 2 is 2.04 bits per heavy atom. The molecule has 0 aromatic carbocycles. The number of piperidine rings is 1. The van der Waals surface area contributed by atoms with Gasteiger partial charge in [0.25, 0.3) is 5.91 Å². The molecule has 0 aliphatic carbocycles. The third kappa shape index (κ3) is 7.50. The molecule has 0 bridgehead atoms. The number of carbonyl (C=O) groups excluding carboxylic acids is 3. The first-order valence-electron chi connectivity index (χ1n) is 9.84. The summed E-state index contributed by atoms with van der Waals surface area (Å²) in [6.07, 6.45) is 3.41. The topological polar surface area (TPSA) is 87.7 Å². The maximum atomic E-state index is 12.6. The molecule has 1 aromatic rings. The number of thiophene rings is 1. The highest BCUT2D eigenvalue weighted by molar-refractivity contribution is 7.12. The minimum atomic E-state index is -0.542. The molecule has 1 fully saturated rings. The Hall–Kier alpha value is -2.09. The molecule has 0 spiro atoms. The number of likely N-dealkylation sites (tertiary alicyclic amines) is 1. The van der Waals surface area contributed by atoms with Crippen LogP contribution < -0.4 is 10.6 Å². The van der Waals surface area contributed by atoms with E-state index in [1.54, 1.807) is 6.07 Å². The Morgan fingerprint density at radius 3 is 2.71 bits per heavy atom. The van der Waals surface area contributed by atoms with Crippen LogP contribution in [0.3, 0.4) is 0 Å². The maximum absolute atomic E-state index is 12.6. The molecule has 28 heavy (non-hydrogen) atoms. The molecule has 3 amide bonds. The second-order valence-corrected chi connectivity index (χ2v) is 8.90. The van der Waals surface area contributed by atoms with E-state index in [0.717, 1.165) is 19.3 Å². The fraction of sp³-hybridized carbons (Fsp3) is 0.650. The third-order valence-electron chi connectivity index (χ3n) is 4.43. The van der Waals surface area contributed by atoms with Crippen molar-refractivity contribution in [1.29, 1.82) is 0 Å². The molecule has 1 aliphatic rings. The van der Waals surface area contributed by atoms with Gasteiger partial charge in [-0.15, -0.1) is 11.3 Å². The van der Waals surface area contributed by atoms with Gasteiger partial charge < -0.3 is 20.3 Å². The van der Waals surface area contributed by atoms with E-state index in [9.17, 15) is 14.4 Å². The molecule has 0 saturated carbocycles. The van der Waals surface area contributed by atoms with Crippen molar-refractivity contribution >= 4 is 29.2 Å². The van der Waals surface area contributed by atoms with Gasteiger partial charge in [0, 0.05) is 32.1 Å². The zero-order chi connectivity index (χ0) is 20.6. The second kappa shape index (κ2) is 10.5.